The van der Waals surface area contributed by atoms with Gasteiger partial charge < -0.3 is 10.3 Å². The minimum Gasteiger partial charge on any atom is -0.380 e. The minimum atomic E-state index is 0.299. The first-order chi connectivity index (χ1) is 8.09. The monoisotopic (exact) mass is 229 g/mol. The molecule has 3 rings (SSSR count). The highest BCUT2D eigenvalue weighted by atomic mass is 16.5. The molecule has 4 nitrogen and oxygen atoms in total. The lowest BCUT2D eigenvalue weighted by Crippen LogP contribution is -1.93. The Morgan fingerprint density at radius 3 is 2.59 bits per heavy atom. The lowest BCUT2D eigenvalue weighted by molar-refractivity contribution is 0.376. The highest BCUT2D eigenvalue weighted by Crippen LogP contribution is 2.60. The van der Waals surface area contributed by atoms with E-state index in [2.05, 4.69) is 24.0 Å². The molecule has 0 saturated heterocycles. The highest BCUT2D eigenvalue weighted by Gasteiger charge is 2.50. The lowest BCUT2D eigenvalue weighted by Gasteiger charge is -2.03. The first-order valence-corrected chi connectivity index (χ1v) is 5.75. The fraction of sp³-hybridized carbons (Fsp3) is 0.385. The predicted octanol–water partition coefficient (Wildman–Crippen LogP) is 2.83. The molecule has 2 aromatic rings. The Hall–Kier alpha value is -1.84. The molecule has 1 fully saturated rings. The topological polar surface area (TPSA) is 64.9 Å². The Labute approximate surface area is 99.8 Å². The van der Waals surface area contributed by atoms with Gasteiger partial charge in [0.05, 0.1) is 5.56 Å². The first kappa shape index (κ1) is 10.3. The van der Waals surface area contributed by atoms with Gasteiger partial charge in [0.15, 0.2) is 5.82 Å². The normalized spacial score (nSPS) is 21.4. The van der Waals surface area contributed by atoms with Crippen molar-refractivity contribution >= 4 is 5.82 Å². The number of anilines is 1. The first-order valence-electron chi connectivity index (χ1n) is 5.75. The highest BCUT2D eigenvalue weighted by molar-refractivity contribution is 5.76. The van der Waals surface area contributed by atoms with E-state index in [1.54, 1.807) is 12.4 Å². The van der Waals surface area contributed by atoms with Gasteiger partial charge >= 0.3 is 0 Å². The Morgan fingerprint density at radius 2 is 2.00 bits per heavy atom. The van der Waals surface area contributed by atoms with Crippen molar-refractivity contribution < 1.29 is 4.52 Å². The molecule has 88 valence electrons. The van der Waals surface area contributed by atoms with Crippen LogP contribution >= 0.6 is 0 Å². The maximum absolute atomic E-state index is 5.90. The molecule has 2 heterocycles. The number of rotatable bonds is 2. The number of hydrogen-bond acceptors (Lipinski definition) is 4. The zero-order chi connectivity index (χ0) is 12.0. The standard InChI is InChI=1S/C13H15N3O/c1-13(2)7-9(13)11-10(12(14)16-17-11)8-3-5-15-6-4-8/h3-6,9H,7H2,1-2H3,(H2,14,16). The fourth-order valence-corrected chi connectivity index (χ4v) is 2.28. The summed E-state index contributed by atoms with van der Waals surface area (Å²) in [5, 5.41) is 3.90. The maximum atomic E-state index is 5.90. The number of aromatic nitrogens is 2. The molecule has 0 radical (unpaired) electrons. The molecule has 1 unspecified atom stereocenters. The minimum absolute atomic E-state index is 0.299. The van der Waals surface area contributed by atoms with Gasteiger partial charge in [-0.05, 0) is 29.5 Å². The summed E-state index contributed by atoms with van der Waals surface area (Å²) >= 11 is 0. The summed E-state index contributed by atoms with van der Waals surface area (Å²) in [4.78, 5) is 4.01. The molecule has 1 aliphatic carbocycles. The second-order valence-corrected chi connectivity index (χ2v) is 5.29. The number of nitrogens with two attached hydrogens (primary N) is 1. The Balaban J connectivity index is 2.08. The van der Waals surface area contributed by atoms with Crippen LogP contribution < -0.4 is 5.73 Å². The molecule has 0 aliphatic heterocycles. The van der Waals surface area contributed by atoms with Crippen LogP contribution in [0.1, 0.15) is 31.9 Å². The molecule has 0 spiro atoms. The largest absolute Gasteiger partial charge is 0.380 e. The Morgan fingerprint density at radius 1 is 1.35 bits per heavy atom. The quantitative estimate of drug-likeness (QED) is 0.860. The molecular weight excluding hydrogens is 214 g/mol. The van der Waals surface area contributed by atoms with E-state index in [4.69, 9.17) is 10.3 Å². The number of pyridine rings is 1. The van der Waals surface area contributed by atoms with Crippen LogP contribution in [-0.2, 0) is 0 Å². The van der Waals surface area contributed by atoms with Crippen LogP contribution in [-0.4, -0.2) is 10.1 Å². The van der Waals surface area contributed by atoms with Crippen LogP contribution in [0.2, 0.25) is 0 Å². The molecule has 0 aromatic carbocycles. The van der Waals surface area contributed by atoms with Gasteiger partial charge in [0, 0.05) is 18.3 Å². The van der Waals surface area contributed by atoms with E-state index in [1.165, 1.54) is 0 Å². The SMILES string of the molecule is CC1(C)CC1c1onc(N)c1-c1ccncc1. The number of nitrogen functional groups attached to an aromatic ring is 1. The van der Waals surface area contributed by atoms with Crippen molar-refractivity contribution in [2.45, 2.75) is 26.2 Å². The Bertz CT molecular complexity index is 545. The molecule has 4 heteroatoms. The van der Waals surface area contributed by atoms with E-state index in [0.717, 1.165) is 23.3 Å². The van der Waals surface area contributed by atoms with E-state index in [0.29, 0.717) is 17.2 Å². The number of hydrogen-bond donors (Lipinski definition) is 1. The van der Waals surface area contributed by atoms with Crippen molar-refractivity contribution in [1.29, 1.82) is 0 Å². The van der Waals surface area contributed by atoms with Crippen molar-refractivity contribution in [3.63, 3.8) is 0 Å². The van der Waals surface area contributed by atoms with Gasteiger partial charge in [0.25, 0.3) is 0 Å². The van der Waals surface area contributed by atoms with Gasteiger partial charge in [-0.3, -0.25) is 4.98 Å². The molecule has 2 N–H and O–H groups in total. The van der Waals surface area contributed by atoms with Crippen LogP contribution in [0.3, 0.4) is 0 Å². The molecule has 1 saturated carbocycles. The second kappa shape index (κ2) is 3.32. The zero-order valence-corrected chi connectivity index (χ0v) is 9.97. The lowest BCUT2D eigenvalue weighted by atomic mass is 10.0. The zero-order valence-electron chi connectivity index (χ0n) is 9.97. The average molecular weight is 229 g/mol. The molecule has 17 heavy (non-hydrogen) atoms. The molecule has 0 amide bonds. The van der Waals surface area contributed by atoms with E-state index in [9.17, 15) is 0 Å². The summed E-state index contributed by atoms with van der Waals surface area (Å²) < 4.78 is 5.41. The third kappa shape index (κ3) is 1.60. The van der Waals surface area contributed by atoms with Crippen LogP contribution in [0.4, 0.5) is 5.82 Å². The molecule has 2 aromatic heterocycles. The van der Waals surface area contributed by atoms with Crippen molar-refractivity contribution in [2.75, 3.05) is 5.73 Å². The van der Waals surface area contributed by atoms with Gasteiger partial charge in [-0.2, -0.15) is 0 Å². The van der Waals surface area contributed by atoms with E-state index in [-0.39, 0.29) is 0 Å². The van der Waals surface area contributed by atoms with Crippen LogP contribution in [0.5, 0.6) is 0 Å². The Kier molecular flexibility index (Phi) is 2.02. The van der Waals surface area contributed by atoms with E-state index in [1.807, 2.05) is 12.1 Å². The summed E-state index contributed by atoms with van der Waals surface area (Å²) in [5.41, 5.74) is 8.16. The van der Waals surface area contributed by atoms with E-state index >= 15 is 0 Å². The van der Waals surface area contributed by atoms with Gasteiger partial charge in [-0.25, -0.2) is 0 Å². The van der Waals surface area contributed by atoms with Crippen molar-refractivity contribution in [1.82, 2.24) is 10.1 Å². The molecular formula is C13H15N3O. The van der Waals surface area contributed by atoms with Crippen LogP contribution in [0, 0.1) is 5.41 Å². The van der Waals surface area contributed by atoms with Crippen molar-refractivity contribution in [2.24, 2.45) is 5.41 Å². The summed E-state index contributed by atoms with van der Waals surface area (Å²) in [7, 11) is 0. The maximum Gasteiger partial charge on any atom is 0.175 e. The van der Waals surface area contributed by atoms with Crippen molar-refractivity contribution in [3.8, 4) is 11.1 Å². The average Bonchev–Trinajstić information content (AvgIpc) is 2.78. The van der Waals surface area contributed by atoms with Gasteiger partial charge in [0.1, 0.15) is 5.76 Å². The van der Waals surface area contributed by atoms with Crippen LogP contribution in [0.25, 0.3) is 11.1 Å². The van der Waals surface area contributed by atoms with Crippen LogP contribution in [0.15, 0.2) is 29.0 Å². The molecule has 0 bridgehead atoms. The fourth-order valence-electron chi connectivity index (χ4n) is 2.28. The summed E-state index contributed by atoms with van der Waals surface area (Å²) in [6.45, 7) is 4.46. The van der Waals surface area contributed by atoms with E-state index < -0.39 is 0 Å². The third-order valence-electron chi connectivity index (χ3n) is 3.54. The molecule has 1 aliphatic rings. The second-order valence-electron chi connectivity index (χ2n) is 5.29. The smallest absolute Gasteiger partial charge is 0.175 e. The summed E-state index contributed by atoms with van der Waals surface area (Å²) in [6.07, 6.45) is 4.63. The molecule has 1 atom stereocenters. The third-order valence-corrected chi connectivity index (χ3v) is 3.54. The number of nitrogens with zero attached hydrogens (tertiary/aromatic N) is 2. The van der Waals surface area contributed by atoms with Gasteiger partial charge in [-0.1, -0.05) is 19.0 Å². The predicted molar refractivity (Wildman–Crippen MR) is 65.3 cm³/mol. The summed E-state index contributed by atoms with van der Waals surface area (Å²) in [6, 6.07) is 3.86. The van der Waals surface area contributed by atoms with Gasteiger partial charge in [0.2, 0.25) is 0 Å². The summed E-state index contributed by atoms with van der Waals surface area (Å²) in [5.74, 6) is 1.81. The van der Waals surface area contributed by atoms with Gasteiger partial charge in [-0.15, -0.1) is 0 Å². The van der Waals surface area contributed by atoms with Crippen molar-refractivity contribution in [3.05, 3.63) is 30.3 Å².